The van der Waals surface area contributed by atoms with Gasteiger partial charge in [0.2, 0.25) is 0 Å². The van der Waals surface area contributed by atoms with Gasteiger partial charge in [0, 0.05) is 37.5 Å². The van der Waals surface area contributed by atoms with Crippen LogP contribution in [0.2, 0.25) is 0 Å². The number of nitro benzene ring substituents is 1. The summed E-state index contributed by atoms with van der Waals surface area (Å²) >= 11 is 0. The van der Waals surface area contributed by atoms with Gasteiger partial charge in [0.15, 0.2) is 0 Å². The molecule has 1 unspecified atom stereocenters. The maximum absolute atomic E-state index is 12.0. The number of amides is 2. The Morgan fingerprint density at radius 1 is 1.45 bits per heavy atom. The van der Waals surface area contributed by atoms with Crippen molar-refractivity contribution in [3.05, 3.63) is 34.4 Å². The average Bonchev–Trinajstić information content (AvgIpc) is 2.47. The van der Waals surface area contributed by atoms with Crippen molar-refractivity contribution in [3.63, 3.8) is 0 Å². The van der Waals surface area contributed by atoms with Crippen molar-refractivity contribution in [2.75, 3.05) is 25.0 Å². The lowest BCUT2D eigenvalue weighted by Gasteiger charge is -2.31. The Kier molecular flexibility index (Phi) is 4.52. The molecule has 1 fully saturated rings. The average molecular weight is 279 g/mol. The Balaban J connectivity index is 1.95. The fourth-order valence-electron chi connectivity index (χ4n) is 2.27. The van der Waals surface area contributed by atoms with Crippen molar-refractivity contribution in [1.29, 1.82) is 0 Å². The molecular weight excluding hydrogens is 262 g/mol. The highest BCUT2D eigenvalue weighted by Crippen LogP contribution is 2.19. The van der Waals surface area contributed by atoms with Gasteiger partial charge in [-0.2, -0.15) is 0 Å². The van der Waals surface area contributed by atoms with Crippen molar-refractivity contribution >= 4 is 17.4 Å². The summed E-state index contributed by atoms with van der Waals surface area (Å²) in [6, 6.07) is 5.47. The summed E-state index contributed by atoms with van der Waals surface area (Å²) in [5.74, 6) is 0.131. The molecule has 0 spiro atoms. The highest BCUT2D eigenvalue weighted by molar-refractivity contribution is 5.89. The van der Waals surface area contributed by atoms with Gasteiger partial charge in [-0.15, -0.1) is 0 Å². The minimum absolute atomic E-state index is 0.0127. The summed E-state index contributed by atoms with van der Waals surface area (Å²) in [4.78, 5) is 23.8. The SMILES string of the molecule is O=C(Nc1ccc([N+](=O)[O-])cc1)N1CCCC(CO)C1. The van der Waals surface area contributed by atoms with Crippen LogP contribution in [0, 0.1) is 16.0 Å². The van der Waals surface area contributed by atoms with Crippen molar-refractivity contribution < 1.29 is 14.8 Å². The topological polar surface area (TPSA) is 95.7 Å². The molecule has 2 rings (SSSR count). The molecule has 1 aromatic rings. The van der Waals surface area contributed by atoms with Gasteiger partial charge in [-0.05, 0) is 30.9 Å². The first-order chi connectivity index (χ1) is 9.60. The van der Waals surface area contributed by atoms with Gasteiger partial charge in [-0.25, -0.2) is 4.79 Å². The second-order valence-electron chi connectivity index (χ2n) is 4.87. The number of carbonyl (C=O) groups excluding carboxylic acids is 1. The number of non-ortho nitro benzene ring substituents is 1. The van der Waals surface area contributed by atoms with E-state index in [0.717, 1.165) is 12.8 Å². The van der Waals surface area contributed by atoms with E-state index < -0.39 is 4.92 Å². The molecule has 0 radical (unpaired) electrons. The molecule has 0 bridgehead atoms. The monoisotopic (exact) mass is 279 g/mol. The zero-order chi connectivity index (χ0) is 14.5. The van der Waals surface area contributed by atoms with Gasteiger partial charge in [-0.3, -0.25) is 10.1 Å². The molecule has 0 aliphatic carbocycles. The molecule has 1 aliphatic heterocycles. The number of likely N-dealkylation sites (tertiary alicyclic amines) is 1. The third-order valence-electron chi connectivity index (χ3n) is 3.39. The normalized spacial score (nSPS) is 18.6. The summed E-state index contributed by atoms with van der Waals surface area (Å²) in [5.41, 5.74) is 0.507. The second kappa shape index (κ2) is 6.33. The molecule has 7 heteroatoms. The van der Waals surface area contributed by atoms with Crippen molar-refractivity contribution in [1.82, 2.24) is 4.90 Å². The third-order valence-corrected chi connectivity index (χ3v) is 3.39. The minimum Gasteiger partial charge on any atom is -0.396 e. The Bertz CT molecular complexity index is 489. The zero-order valence-electron chi connectivity index (χ0n) is 11.0. The highest BCUT2D eigenvalue weighted by atomic mass is 16.6. The van der Waals surface area contributed by atoms with E-state index in [4.69, 9.17) is 5.11 Å². The number of nitro groups is 1. The number of carbonyl (C=O) groups is 1. The Morgan fingerprint density at radius 2 is 2.15 bits per heavy atom. The van der Waals surface area contributed by atoms with Crippen LogP contribution in [-0.4, -0.2) is 40.7 Å². The number of hydrogen-bond donors (Lipinski definition) is 2. The molecular formula is C13H17N3O4. The standard InChI is InChI=1S/C13H17N3O4/c17-9-10-2-1-7-15(8-10)13(18)14-11-3-5-12(6-4-11)16(19)20/h3-6,10,17H,1-2,7-9H2,(H,14,18). The number of aliphatic hydroxyl groups excluding tert-OH is 1. The largest absolute Gasteiger partial charge is 0.396 e. The van der Waals surface area contributed by atoms with Crippen LogP contribution < -0.4 is 5.32 Å². The van der Waals surface area contributed by atoms with Crippen LogP contribution in [0.3, 0.4) is 0 Å². The highest BCUT2D eigenvalue weighted by Gasteiger charge is 2.23. The molecule has 1 heterocycles. The lowest BCUT2D eigenvalue weighted by atomic mass is 9.99. The Hall–Kier alpha value is -2.15. The zero-order valence-corrected chi connectivity index (χ0v) is 11.0. The first-order valence-electron chi connectivity index (χ1n) is 6.51. The van der Waals surface area contributed by atoms with Crippen LogP contribution in [-0.2, 0) is 0 Å². The quantitative estimate of drug-likeness (QED) is 0.651. The van der Waals surface area contributed by atoms with E-state index in [1.165, 1.54) is 24.3 Å². The number of piperidine rings is 1. The third kappa shape index (κ3) is 3.45. The summed E-state index contributed by atoms with van der Waals surface area (Å²) < 4.78 is 0. The molecule has 1 atom stereocenters. The number of hydrogen-bond acceptors (Lipinski definition) is 4. The molecule has 1 saturated heterocycles. The molecule has 1 aromatic carbocycles. The van der Waals surface area contributed by atoms with E-state index in [1.54, 1.807) is 4.90 Å². The maximum atomic E-state index is 12.0. The minimum atomic E-state index is -0.484. The van der Waals surface area contributed by atoms with Gasteiger partial charge >= 0.3 is 6.03 Å². The van der Waals surface area contributed by atoms with Gasteiger partial charge < -0.3 is 15.3 Å². The lowest BCUT2D eigenvalue weighted by molar-refractivity contribution is -0.384. The molecule has 108 valence electrons. The fraction of sp³-hybridized carbons (Fsp3) is 0.462. The number of aliphatic hydroxyl groups is 1. The second-order valence-corrected chi connectivity index (χ2v) is 4.87. The summed E-state index contributed by atoms with van der Waals surface area (Å²) in [6.45, 7) is 1.28. The number of rotatable bonds is 3. The van der Waals surface area contributed by atoms with Gasteiger partial charge in [0.05, 0.1) is 4.92 Å². The smallest absolute Gasteiger partial charge is 0.321 e. The Morgan fingerprint density at radius 3 is 2.75 bits per heavy atom. The van der Waals surface area contributed by atoms with E-state index in [-0.39, 0.29) is 24.2 Å². The summed E-state index contributed by atoms with van der Waals surface area (Å²) in [5, 5.41) is 22.4. The van der Waals surface area contributed by atoms with E-state index in [0.29, 0.717) is 18.8 Å². The van der Waals surface area contributed by atoms with Crippen LogP contribution in [0.25, 0.3) is 0 Å². The number of benzene rings is 1. The lowest BCUT2D eigenvalue weighted by Crippen LogP contribution is -2.43. The maximum Gasteiger partial charge on any atom is 0.321 e. The molecule has 20 heavy (non-hydrogen) atoms. The molecule has 2 N–H and O–H groups in total. The number of anilines is 1. The molecule has 0 saturated carbocycles. The van der Waals surface area contributed by atoms with E-state index in [1.807, 2.05) is 0 Å². The first kappa shape index (κ1) is 14.3. The van der Waals surface area contributed by atoms with Crippen LogP contribution in [0.4, 0.5) is 16.2 Å². The Labute approximate surface area is 116 Å². The summed E-state index contributed by atoms with van der Waals surface area (Å²) in [7, 11) is 0. The van der Waals surface area contributed by atoms with E-state index in [2.05, 4.69) is 5.32 Å². The van der Waals surface area contributed by atoms with E-state index in [9.17, 15) is 14.9 Å². The molecule has 0 aromatic heterocycles. The number of nitrogens with zero attached hydrogens (tertiary/aromatic N) is 2. The summed E-state index contributed by atoms with van der Waals surface area (Å²) in [6.07, 6.45) is 1.80. The number of nitrogens with one attached hydrogen (secondary N) is 1. The van der Waals surface area contributed by atoms with Crippen molar-refractivity contribution in [2.45, 2.75) is 12.8 Å². The van der Waals surface area contributed by atoms with Gasteiger partial charge in [0.1, 0.15) is 0 Å². The molecule has 2 amide bonds. The van der Waals surface area contributed by atoms with Crippen molar-refractivity contribution in [3.8, 4) is 0 Å². The predicted molar refractivity (Wildman–Crippen MR) is 73.5 cm³/mol. The van der Waals surface area contributed by atoms with Crippen LogP contribution in [0.1, 0.15) is 12.8 Å². The fourth-order valence-corrected chi connectivity index (χ4v) is 2.27. The van der Waals surface area contributed by atoms with Crippen LogP contribution >= 0.6 is 0 Å². The van der Waals surface area contributed by atoms with Crippen molar-refractivity contribution in [2.24, 2.45) is 5.92 Å². The van der Waals surface area contributed by atoms with E-state index >= 15 is 0 Å². The predicted octanol–water partition coefficient (Wildman–Crippen LogP) is 1.83. The van der Waals surface area contributed by atoms with Crippen LogP contribution in [0.5, 0.6) is 0 Å². The number of urea groups is 1. The molecule has 1 aliphatic rings. The van der Waals surface area contributed by atoms with Crippen LogP contribution in [0.15, 0.2) is 24.3 Å². The van der Waals surface area contributed by atoms with Gasteiger partial charge in [0.25, 0.3) is 5.69 Å². The first-order valence-corrected chi connectivity index (χ1v) is 6.51. The van der Waals surface area contributed by atoms with Gasteiger partial charge in [-0.1, -0.05) is 0 Å². The molecule has 7 nitrogen and oxygen atoms in total.